The number of thioether (sulfide) groups is 2. The number of nitrogens with two attached hydrogens (primary N) is 1. The number of nitriles is 2. The Hall–Kier alpha value is -1.08. The van der Waals surface area contributed by atoms with Gasteiger partial charge in [0.1, 0.15) is 0 Å². The van der Waals surface area contributed by atoms with Crippen LogP contribution in [0.15, 0.2) is 22.1 Å². The predicted molar refractivity (Wildman–Crippen MR) is 64.7 cm³/mol. The summed E-state index contributed by atoms with van der Waals surface area (Å²) in [5.74, 6) is 0. The molecule has 0 aromatic carbocycles. The standard InChI is InChI=1S/C7H10N2S2.CHN.H3N/c1-10-5-6(4-8)3-7(9)11-2;1-2;/h3,5H,9H2,1-2H3;1H;1H3/b6-5-,7-3+;;. The van der Waals surface area contributed by atoms with Crippen molar-refractivity contribution in [3.8, 4) is 12.6 Å². The second kappa shape index (κ2) is 14.4. The van der Waals surface area contributed by atoms with E-state index in [9.17, 15) is 0 Å². The number of nitrogens with zero attached hydrogens (tertiary/aromatic N) is 2. The Balaban J connectivity index is -0.000000376. The first-order chi connectivity index (χ1) is 6.24. The highest BCUT2D eigenvalue weighted by Gasteiger charge is 1.90. The third-order valence-electron chi connectivity index (χ3n) is 0.907. The quantitative estimate of drug-likeness (QED) is 0.568. The third kappa shape index (κ3) is 10.9. The van der Waals surface area contributed by atoms with Crippen molar-refractivity contribution in [2.45, 2.75) is 0 Å². The highest BCUT2D eigenvalue weighted by atomic mass is 32.2. The molecule has 0 bridgehead atoms. The zero-order valence-electron chi connectivity index (χ0n) is 8.23. The van der Waals surface area contributed by atoms with Crippen molar-refractivity contribution in [2.75, 3.05) is 12.5 Å². The SMILES string of the molecule is C#N.CS/C=C(C#N)/C=C(\N)SC.N. The molecule has 0 aromatic rings. The summed E-state index contributed by atoms with van der Waals surface area (Å²) in [5.41, 5.74) is 6.10. The van der Waals surface area contributed by atoms with Gasteiger partial charge in [-0.2, -0.15) is 5.26 Å². The summed E-state index contributed by atoms with van der Waals surface area (Å²) in [5, 5.41) is 17.5. The van der Waals surface area contributed by atoms with E-state index in [2.05, 4.69) is 6.57 Å². The lowest BCUT2D eigenvalue weighted by Crippen LogP contribution is -1.90. The fraction of sp³-hybridized carbons (Fsp3) is 0.250. The van der Waals surface area contributed by atoms with E-state index in [0.717, 1.165) is 0 Å². The van der Waals surface area contributed by atoms with Crippen molar-refractivity contribution in [1.29, 1.82) is 10.5 Å². The summed E-state index contributed by atoms with van der Waals surface area (Å²) >= 11 is 2.92. The van der Waals surface area contributed by atoms with Gasteiger partial charge in [-0.05, 0) is 24.0 Å². The van der Waals surface area contributed by atoms with Crippen LogP contribution < -0.4 is 11.9 Å². The molecule has 0 aliphatic rings. The molecule has 0 heterocycles. The monoisotopic (exact) mass is 230 g/mol. The molecule has 0 radical (unpaired) electrons. The Kier molecular flexibility index (Phi) is 19.2. The van der Waals surface area contributed by atoms with Gasteiger partial charge in [-0.3, -0.25) is 0 Å². The van der Waals surface area contributed by atoms with Crippen molar-refractivity contribution in [2.24, 2.45) is 5.73 Å². The second-order valence-electron chi connectivity index (χ2n) is 1.67. The van der Waals surface area contributed by atoms with Gasteiger partial charge in [0.15, 0.2) is 0 Å². The Bertz CT molecular complexity index is 250. The lowest BCUT2D eigenvalue weighted by molar-refractivity contribution is 1.47. The van der Waals surface area contributed by atoms with Crippen LogP contribution in [0.4, 0.5) is 0 Å². The topological polar surface area (TPSA) is 109 Å². The molecule has 5 N–H and O–H groups in total. The largest absolute Gasteiger partial charge is 0.394 e. The molecule has 0 unspecified atom stereocenters. The molecular weight excluding hydrogens is 216 g/mol. The smallest absolute Gasteiger partial charge is 0.0998 e. The molecule has 0 aliphatic heterocycles. The summed E-state index contributed by atoms with van der Waals surface area (Å²) in [4.78, 5) is 0. The minimum atomic E-state index is 0. The first-order valence-electron chi connectivity index (χ1n) is 3.14. The highest BCUT2D eigenvalue weighted by Crippen LogP contribution is 2.10. The van der Waals surface area contributed by atoms with Crippen LogP contribution in [0.3, 0.4) is 0 Å². The number of allylic oxidation sites excluding steroid dienone is 2. The highest BCUT2D eigenvalue weighted by molar-refractivity contribution is 8.02. The first kappa shape index (κ1) is 18.7. The van der Waals surface area contributed by atoms with Gasteiger partial charge in [0.2, 0.25) is 0 Å². The molecule has 4 nitrogen and oxygen atoms in total. The van der Waals surface area contributed by atoms with Crippen LogP contribution in [-0.4, -0.2) is 12.5 Å². The fourth-order valence-corrected chi connectivity index (χ4v) is 1.05. The Morgan fingerprint density at radius 1 is 1.43 bits per heavy atom. The van der Waals surface area contributed by atoms with Crippen LogP contribution >= 0.6 is 23.5 Å². The maximum Gasteiger partial charge on any atom is 0.0998 e. The van der Waals surface area contributed by atoms with Crippen LogP contribution in [-0.2, 0) is 0 Å². The minimum absolute atomic E-state index is 0. The maximum atomic E-state index is 8.56. The molecule has 0 aliphatic carbocycles. The van der Waals surface area contributed by atoms with Gasteiger partial charge in [0.05, 0.1) is 16.7 Å². The van der Waals surface area contributed by atoms with E-state index in [1.165, 1.54) is 23.5 Å². The molecule has 6 heteroatoms. The van der Waals surface area contributed by atoms with E-state index in [4.69, 9.17) is 16.3 Å². The van der Waals surface area contributed by atoms with Crippen LogP contribution in [0.5, 0.6) is 0 Å². The maximum absolute atomic E-state index is 8.56. The zero-order chi connectivity index (χ0) is 10.7. The van der Waals surface area contributed by atoms with E-state index < -0.39 is 0 Å². The number of rotatable bonds is 3. The summed E-state index contributed by atoms with van der Waals surface area (Å²) < 4.78 is 0. The summed E-state index contributed by atoms with van der Waals surface area (Å²) in [6.45, 7) is 3.50. The number of hydrogen-bond donors (Lipinski definition) is 2. The molecule has 14 heavy (non-hydrogen) atoms. The molecule has 0 rings (SSSR count). The van der Waals surface area contributed by atoms with Crippen molar-refractivity contribution in [3.05, 3.63) is 22.1 Å². The third-order valence-corrected chi connectivity index (χ3v) is 1.99. The number of hydrogen-bond acceptors (Lipinski definition) is 6. The lowest BCUT2D eigenvalue weighted by Gasteiger charge is -1.92. The van der Waals surface area contributed by atoms with E-state index in [0.29, 0.717) is 10.6 Å². The van der Waals surface area contributed by atoms with E-state index >= 15 is 0 Å². The van der Waals surface area contributed by atoms with Crippen LogP contribution in [0, 0.1) is 23.2 Å². The molecule has 0 saturated carbocycles. The summed E-state index contributed by atoms with van der Waals surface area (Å²) in [7, 11) is 0. The predicted octanol–water partition coefficient (Wildman–Crippen LogP) is 2.22. The van der Waals surface area contributed by atoms with Crippen LogP contribution in [0.2, 0.25) is 0 Å². The molecule has 0 saturated heterocycles. The van der Waals surface area contributed by atoms with Gasteiger partial charge >= 0.3 is 0 Å². The van der Waals surface area contributed by atoms with Gasteiger partial charge in [-0.15, -0.1) is 23.5 Å². The average molecular weight is 230 g/mol. The van der Waals surface area contributed by atoms with Gasteiger partial charge in [-0.1, -0.05) is 0 Å². The Labute approximate surface area is 93.4 Å². The Morgan fingerprint density at radius 3 is 2.21 bits per heavy atom. The molecule has 0 spiro atoms. The molecule has 0 atom stereocenters. The lowest BCUT2D eigenvalue weighted by atomic mass is 10.3. The normalized spacial score (nSPS) is 10.2. The van der Waals surface area contributed by atoms with E-state index in [-0.39, 0.29) is 6.15 Å². The van der Waals surface area contributed by atoms with Crippen LogP contribution in [0.1, 0.15) is 0 Å². The fourth-order valence-electron chi connectivity index (χ4n) is 0.432. The van der Waals surface area contributed by atoms with Crippen molar-refractivity contribution < 1.29 is 0 Å². The zero-order valence-corrected chi connectivity index (χ0v) is 9.86. The molecule has 78 valence electrons. The van der Waals surface area contributed by atoms with E-state index in [1.54, 1.807) is 11.5 Å². The van der Waals surface area contributed by atoms with Gasteiger partial charge in [0, 0.05) is 6.57 Å². The second-order valence-corrected chi connectivity index (χ2v) is 3.26. The molecular formula is C8H14N4S2. The summed E-state index contributed by atoms with van der Waals surface area (Å²) in [6.07, 6.45) is 5.45. The molecule has 0 amide bonds. The minimum Gasteiger partial charge on any atom is -0.394 e. The summed E-state index contributed by atoms with van der Waals surface area (Å²) in [6, 6.07) is 2.04. The van der Waals surface area contributed by atoms with Crippen molar-refractivity contribution in [3.63, 3.8) is 0 Å². The van der Waals surface area contributed by atoms with Gasteiger partial charge < -0.3 is 11.9 Å². The van der Waals surface area contributed by atoms with Gasteiger partial charge in [-0.25, -0.2) is 5.26 Å². The van der Waals surface area contributed by atoms with E-state index in [1.807, 2.05) is 18.6 Å². The van der Waals surface area contributed by atoms with Gasteiger partial charge in [0.25, 0.3) is 0 Å². The van der Waals surface area contributed by atoms with Crippen LogP contribution in [0.25, 0.3) is 0 Å². The van der Waals surface area contributed by atoms with Crippen molar-refractivity contribution >= 4 is 23.5 Å². The first-order valence-corrected chi connectivity index (χ1v) is 5.66. The Morgan fingerprint density at radius 2 is 1.93 bits per heavy atom. The molecule has 0 aromatic heterocycles. The van der Waals surface area contributed by atoms with Crippen molar-refractivity contribution in [1.82, 2.24) is 6.15 Å². The molecule has 0 fully saturated rings. The average Bonchev–Trinajstić information content (AvgIpc) is 2.20.